The molecule has 2 unspecified atom stereocenters. The predicted octanol–water partition coefficient (Wildman–Crippen LogP) is -0.586. The van der Waals surface area contributed by atoms with E-state index in [9.17, 15) is 28.8 Å². The summed E-state index contributed by atoms with van der Waals surface area (Å²) >= 11 is 0. The SMILES string of the molecule is Cc1cc(C(=O)NN2CCC(=O)N3CCCC(C(=O)NC(C=O)CC(=O)O)N3C2=O)ccc1N. The van der Waals surface area contributed by atoms with Gasteiger partial charge < -0.3 is 21.0 Å². The fraction of sp³-hybridized carbons (Fsp3) is 0.429. The number of nitrogen functional groups attached to an aromatic ring is 1. The summed E-state index contributed by atoms with van der Waals surface area (Å²) in [5, 5.41) is 14.3. The number of nitrogens with two attached hydrogens (primary N) is 1. The maximum Gasteiger partial charge on any atom is 0.358 e. The van der Waals surface area contributed by atoms with Crippen LogP contribution in [0.3, 0.4) is 0 Å². The molecule has 0 saturated carbocycles. The smallest absolute Gasteiger partial charge is 0.358 e. The summed E-state index contributed by atoms with van der Waals surface area (Å²) in [6.07, 6.45) is 0.173. The van der Waals surface area contributed by atoms with Crippen LogP contribution >= 0.6 is 0 Å². The first-order valence-corrected chi connectivity index (χ1v) is 10.7. The lowest BCUT2D eigenvalue weighted by Gasteiger charge is -2.42. The normalized spacial score (nSPS) is 19.1. The van der Waals surface area contributed by atoms with Crippen molar-refractivity contribution in [3.63, 3.8) is 0 Å². The second-order valence-electron chi connectivity index (χ2n) is 8.07. The zero-order valence-electron chi connectivity index (χ0n) is 18.5. The Morgan fingerprint density at radius 2 is 2.00 bits per heavy atom. The van der Waals surface area contributed by atoms with Crippen molar-refractivity contribution >= 4 is 41.7 Å². The molecular formula is C21H26N6O7. The Balaban J connectivity index is 1.82. The number of anilines is 1. The van der Waals surface area contributed by atoms with Crippen molar-refractivity contribution in [2.24, 2.45) is 0 Å². The molecule has 3 rings (SSSR count). The quantitative estimate of drug-likeness (QED) is 0.299. The molecule has 2 atom stereocenters. The van der Waals surface area contributed by atoms with Crippen LogP contribution < -0.4 is 16.5 Å². The second kappa shape index (κ2) is 10.2. The number of carboxylic acid groups (broad SMARTS) is 1. The second-order valence-corrected chi connectivity index (χ2v) is 8.07. The highest BCUT2D eigenvalue weighted by atomic mass is 16.4. The van der Waals surface area contributed by atoms with Gasteiger partial charge in [0.05, 0.1) is 19.0 Å². The van der Waals surface area contributed by atoms with E-state index in [0.717, 1.165) is 15.0 Å². The molecule has 182 valence electrons. The minimum absolute atomic E-state index is 0.0897. The highest BCUT2D eigenvalue weighted by Crippen LogP contribution is 2.24. The number of nitrogens with zero attached hydrogens (tertiary/aromatic N) is 3. The molecule has 5 amide bonds. The van der Waals surface area contributed by atoms with Crippen LogP contribution in [0.2, 0.25) is 0 Å². The molecule has 1 aromatic carbocycles. The van der Waals surface area contributed by atoms with Crippen molar-refractivity contribution in [1.29, 1.82) is 0 Å². The number of carboxylic acids is 1. The van der Waals surface area contributed by atoms with Crippen LogP contribution in [0.4, 0.5) is 10.5 Å². The van der Waals surface area contributed by atoms with Gasteiger partial charge in [-0.3, -0.25) is 24.6 Å². The van der Waals surface area contributed by atoms with Gasteiger partial charge in [-0.05, 0) is 43.5 Å². The zero-order chi connectivity index (χ0) is 25.0. The van der Waals surface area contributed by atoms with Gasteiger partial charge in [-0.2, -0.15) is 0 Å². The van der Waals surface area contributed by atoms with E-state index in [2.05, 4.69) is 10.7 Å². The number of rotatable bonds is 7. The lowest BCUT2D eigenvalue weighted by atomic mass is 10.1. The molecular weight excluding hydrogens is 448 g/mol. The third-order valence-electron chi connectivity index (χ3n) is 5.62. The number of hydrogen-bond acceptors (Lipinski definition) is 7. The number of carbonyl (C=O) groups is 6. The lowest BCUT2D eigenvalue weighted by Crippen LogP contribution is -2.64. The lowest BCUT2D eigenvalue weighted by molar-refractivity contribution is -0.155. The summed E-state index contributed by atoms with van der Waals surface area (Å²) < 4.78 is 0. The van der Waals surface area contributed by atoms with Crippen molar-refractivity contribution in [1.82, 2.24) is 25.8 Å². The highest BCUT2D eigenvalue weighted by molar-refractivity contribution is 5.97. The van der Waals surface area contributed by atoms with Crippen molar-refractivity contribution in [2.75, 3.05) is 18.8 Å². The summed E-state index contributed by atoms with van der Waals surface area (Å²) in [6, 6.07) is 1.36. The number of aliphatic carboxylic acids is 1. The number of amides is 5. The maximum atomic E-state index is 13.3. The van der Waals surface area contributed by atoms with E-state index in [0.29, 0.717) is 24.0 Å². The first-order chi connectivity index (χ1) is 16.1. The molecule has 34 heavy (non-hydrogen) atoms. The van der Waals surface area contributed by atoms with Crippen molar-refractivity contribution in [3.05, 3.63) is 29.3 Å². The predicted molar refractivity (Wildman–Crippen MR) is 117 cm³/mol. The minimum atomic E-state index is -1.29. The number of fused-ring (bicyclic) bond motifs is 1. The molecule has 0 bridgehead atoms. The molecule has 13 nitrogen and oxygen atoms in total. The van der Waals surface area contributed by atoms with Gasteiger partial charge in [0, 0.05) is 24.2 Å². The molecule has 0 aliphatic carbocycles. The summed E-state index contributed by atoms with van der Waals surface area (Å²) in [6.45, 7) is 1.81. The number of urea groups is 1. The number of aryl methyl sites for hydroxylation is 1. The monoisotopic (exact) mass is 474 g/mol. The molecule has 2 fully saturated rings. The van der Waals surface area contributed by atoms with Crippen LogP contribution in [0, 0.1) is 6.92 Å². The van der Waals surface area contributed by atoms with E-state index >= 15 is 0 Å². The molecule has 0 aromatic heterocycles. The first-order valence-electron chi connectivity index (χ1n) is 10.7. The Bertz CT molecular complexity index is 1030. The van der Waals surface area contributed by atoms with Gasteiger partial charge in [0.1, 0.15) is 12.3 Å². The fourth-order valence-electron chi connectivity index (χ4n) is 3.82. The van der Waals surface area contributed by atoms with E-state index in [-0.39, 0.29) is 31.5 Å². The molecule has 1 aromatic rings. The van der Waals surface area contributed by atoms with Crippen molar-refractivity contribution < 1.29 is 33.9 Å². The van der Waals surface area contributed by atoms with Gasteiger partial charge in [0.15, 0.2) is 0 Å². The standard InChI is InChI=1S/C21H26N6O7/c1-12-9-13(4-5-15(12)22)19(32)24-25-8-6-17(29)26-7-2-3-16(27(26)21(25)34)20(33)23-14(11-28)10-18(30)31/h4-5,9,11,14,16H,2-3,6-8,10,22H2,1H3,(H,23,33)(H,24,32)(H,30,31). The van der Waals surface area contributed by atoms with E-state index < -0.39 is 48.2 Å². The van der Waals surface area contributed by atoms with Crippen LogP contribution in [0.1, 0.15) is 41.6 Å². The summed E-state index contributed by atoms with van der Waals surface area (Å²) in [5.74, 6) is -3.07. The molecule has 2 heterocycles. The third-order valence-corrected chi connectivity index (χ3v) is 5.62. The number of hydrazine groups is 2. The van der Waals surface area contributed by atoms with E-state index in [1.165, 1.54) is 6.07 Å². The summed E-state index contributed by atoms with van der Waals surface area (Å²) in [5.41, 5.74) is 9.69. The molecule has 0 radical (unpaired) electrons. The largest absolute Gasteiger partial charge is 0.481 e. The van der Waals surface area contributed by atoms with E-state index in [1.807, 2.05) is 0 Å². The number of carbonyl (C=O) groups excluding carboxylic acids is 5. The molecule has 0 spiro atoms. The van der Waals surface area contributed by atoms with Gasteiger partial charge in [-0.15, -0.1) is 0 Å². The summed E-state index contributed by atoms with van der Waals surface area (Å²) in [4.78, 5) is 73.7. The van der Waals surface area contributed by atoms with Crippen molar-refractivity contribution in [2.45, 2.75) is 44.7 Å². The average molecular weight is 474 g/mol. The van der Waals surface area contributed by atoms with Crippen LogP contribution in [0.25, 0.3) is 0 Å². The number of aldehydes is 1. The Hall–Kier alpha value is -4.16. The topological polar surface area (TPSA) is 182 Å². The van der Waals surface area contributed by atoms with Crippen molar-refractivity contribution in [3.8, 4) is 0 Å². The Morgan fingerprint density at radius 1 is 1.26 bits per heavy atom. The Labute approximate surface area is 194 Å². The van der Waals surface area contributed by atoms with Crippen LogP contribution in [0.5, 0.6) is 0 Å². The van der Waals surface area contributed by atoms with Gasteiger partial charge in [-0.25, -0.2) is 19.8 Å². The van der Waals surface area contributed by atoms with Crippen LogP contribution in [-0.2, 0) is 19.2 Å². The number of benzene rings is 1. The van der Waals surface area contributed by atoms with Gasteiger partial charge in [-0.1, -0.05) is 0 Å². The third kappa shape index (κ3) is 5.24. The Morgan fingerprint density at radius 3 is 2.65 bits per heavy atom. The van der Waals surface area contributed by atoms with Gasteiger partial charge in [0.2, 0.25) is 11.8 Å². The van der Waals surface area contributed by atoms with E-state index in [1.54, 1.807) is 19.1 Å². The molecule has 2 aliphatic rings. The first kappa shape index (κ1) is 24.5. The van der Waals surface area contributed by atoms with E-state index in [4.69, 9.17) is 10.8 Å². The summed E-state index contributed by atoms with van der Waals surface area (Å²) in [7, 11) is 0. The minimum Gasteiger partial charge on any atom is -0.481 e. The Kier molecular flexibility index (Phi) is 7.34. The molecule has 2 aliphatic heterocycles. The van der Waals surface area contributed by atoms with Crippen LogP contribution in [-0.4, -0.2) is 81.3 Å². The zero-order valence-corrected chi connectivity index (χ0v) is 18.5. The molecule has 13 heteroatoms. The van der Waals surface area contributed by atoms with Gasteiger partial charge >= 0.3 is 12.0 Å². The maximum absolute atomic E-state index is 13.3. The average Bonchev–Trinajstić information content (AvgIpc) is 2.92. The molecule has 2 saturated heterocycles. The highest BCUT2D eigenvalue weighted by Gasteiger charge is 2.44. The van der Waals surface area contributed by atoms with Crippen LogP contribution in [0.15, 0.2) is 18.2 Å². The number of hydrogen-bond donors (Lipinski definition) is 4. The molecule has 5 N–H and O–H groups in total. The number of nitrogens with one attached hydrogen (secondary N) is 2. The fourth-order valence-corrected chi connectivity index (χ4v) is 3.82. The van der Waals surface area contributed by atoms with Gasteiger partial charge in [0.25, 0.3) is 5.91 Å².